The number of likely N-dealkylation sites (tertiary alicyclic amines) is 1. The summed E-state index contributed by atoms with van der Waals surface area (Å²) in [6.07, 6.45) is 4.79. The molecule has 1 radical (unpaired) electrons. The van der Waals surface area contributed by atoms with Crippen LogP contribution in [0.5, 0.6) is 0 Å². The van der Waals surface area contributed by atoms with E-state index in [1.807, 2.05) is 18.7 Å². The molecule has 1 saturated heterocycles. The molecular formula is C10H19N2O. The number of urea groups is 1. The molecule has 2 amide bonds. The molecule has 1 fully saturated rings. The van der Waals surface area contributed by atoms with Gasteiger partial charge in [0.1, 0.15) is 0 Å². The van der Waals surface area contributed by atoms with Crippen LogP contribution in [0, 0.1) is 0 Å². The molecule has 0 unspecified atom stereocenters. The van der Waals surface area contributed by atoms with Gasteiger partial charge in [0.25, 0.3) is 0 Å². The fourth-order valence-electron chi connectivity index (χ4n) is 1.56. The van der Waals surface area contributed by atoms with Gasteiger partial charge in [0.2, 0.25) is 0 Å². The Balaban J connectivity index is 2.35. The molecule has 0 aromatic rings. The van der Waals surface area contributed by atoms with Crippen molar-refractivity contribution in [2.45, 2.75) is 45.6 Å². The minimum Gasteiger partial charge on any atom is -0.323 e. The van der Waals surface area contributed by atoms with Crippen molar-refractivity contribution in [3.63, 3.8) is 0 Å². The lowest BCUT2D eigenvalue weighted by Crippen LogP contribution is -2.39. The molecule has 0 aromatic carbocycles. The first-order chi connectivity index (χ1) is 6.20. The third-order valence-electron chi connectivity index (χ3n) is 2.25. The third-order valence-corrected chi connectivity index (χ3v) is 2.25. The van der Waals surface area contributed by atoms with Crippen LogP contribution in [0.1, 0.15) is 39.5 Å². The van der Waals surface area contributed by atoms with E-state index in [0.717, 1.165) is 25.9 Å². The molecule has 1 rings (SSSR count). The van der Waals surface area contributed by atoms with E-state index in [1.165, 1.54) is 12.8 Å². The van der Waals surface area contributed by atoms with Crippen LogP contribution < -0.4 is 5.32 Å². The summed E-state index contributed by atoms with van der Waals surface area (Å²) in [5, 5.41) is 4.03. The second-order valence-electron chi connectivity index (χ2n) is 3.91. The number of hydrogen-bond donors (Lipinski definition) is 0. The van der Waals surface area contributed by atoms with Gasteiger partial charge in [-0.05, 0) is 26.7 Å². The SMILES string of the molecule is CC(C)[N]C(=O)N1CCCCCC1. The van der Waals surface area contributed by atoms with Crippen LogP contribution in [0.15, 0.2) is 0 Å². The Kier molecular flexibility index (Phi) is 4.06. The summed E-state index contributed by atoms with van der Waals surface area (Å²) in [6.45, 7) is 5.68. The second kappa shape index (κ2) is 5.10. The van der Waals surface area contributed by atoms with Crippen molar-refractivity contribution in [2.24, 2.45) is 0 Å². The van der Waals surface area contributed by atoms with E-state index in [9.17, 15) is 4.79 Å². The lowest BCUT2D eigenvalue weighted by molar-refractivity contribution is 0.196. The maximum atomic E-state index is 11.5. The number of amides is 2. The predicted octanol–water partition coefficient (Wildman–Crippen LogP) is 2.00. The largest absolute Gasteiger partial charge is 0.339 e. The highest BCUT2D eigenvalue weighted by Crippen LogP contribution is 2.09. The van der Waals surface area contributed by atoms with Gasteiger partial charge in [0.15, 0.2) is 0 Å². The van der Waals surface area contributed by atoms with Crippen molar-refractivity contribution in [1.82, 2.24) is 10.2 Å². The standard InChI is InChI=1S/C10H19N2O/c1-9(2)11-10(13)12-7-5-3-4-6-8-12/h9H,3-8H2,1-2H3. The quantitative estimate of drug-likeness (QED) is 0.612. The molecule has 0 atom stereocenters. The zero-order chi connectivity index (χ0) is 9.68. The fourth-order valence-corrected chi connectivity index (χ4v) is 1.56. The lowest BCUT2D eigenvalue weighted by Gasteiger charge is -2.20. The highest BCUT2D eigenvalue weighted by Gasteiger charge is 2.16. The van der Waals surface area contributed by atoms with E-state index in [4.69, 9.17) is 0 Å². The number of nitrogens with zero attached hydrogens (tertiary/aromatic N) is 2. The summed E-state index contributed by atoms with van der Waals surface area (Å²) in [4.78, 5) is 13.4. The van der Waals surface area contributed by atoms with Gasteiger partial charge in [-0.3, -0.25) is 0 Å². The highest BCUT2D eigenvalue weighted by molar-refractivity contribution is 5.74. The maximum absolute atomic E-state index is 11.5. The number of rotatable bonds is 1. The molecule has 13 heavy (non-hydrogen) atoms. The number of carbonyl (C=O) groups excluding carboxylic acids is 1. The Hall–Kier alpha value is -0.730. The van der Waals surface area contributed by atoms with Gasteiger partial charge < -0.3 is 4.90 Å². The topological polar surface area (TPSA) is 34.4 Å². The molecule has 0 N–H and O–H groups in total. The Morgan fingerprint density at radius 1 is 1.15 bits per heavy atom. The molecule has 0 bridgehead atoms. The van der Waals surface area contributed by atoms with Crippen LogP contribution >= 0.6 is 0 Å². The summed E-state index contributed by atoms with van der Waals surface area (Å²) < 4.78 is 0. The molecule has 0 aliphatic carbocycles. The van der Waals surface area contributed by atoms with Gasteiger partial charge in [-0.2, -0.15) is 0 Å². The Labute approximate surface area is 80.5 Å². The smallest absolute Gasteiger partial charge is 0.323 e. The zero-order valence-electron chi connectivity index (χ0n) is 8.62. The van der Waals surface area contributed by atoms with Crippen LogP contribution in [0.3, 0.4) is 0 Å². The van der Waals surface area contributed by atoms with Crippen molar-refractivity contribution >= 4 is 6.03 Å². The van der Waals surface area contributed by atoms with Crippen molar-refractivity contribution in [3.8, 4) is 0 Å². The normalized spacial score (nSPS) is 18.5. The molecule has 1 heterocycles. The average molecular weight is 183 g/mol. The molecule has 0 saturated carbocycles. The minimum absolute atomic E-state index is 0.0168. The van der Waals surface area contributed by atoms with E-state index < -0.39 is 0 Å². The van der Waals surface area contributed by atoms with Gasteiger partial charge in [0.05, 0.1) is 0 Å². The van der Waals surface area contributed by atoms with Crippen molar-refractivity contribution in [3.05, 3.63) is 0 Å². The fraction of sp³-hybridized carbons (Fsp3) is 0.900. The molecular weight excluding hydrogens is 164 g/mol. The first kappa shape index (κ1) is 10.4. The summed E-state index contributed by atoms with van der Waals surface area (Å²) in [5.74, 6) is 0. The first-order valence-electron chi connectivity index (χ1n) is 5.20. The van der Waals surface area contributed by atoms with E-state index in [0.29, 0.717) is 0 Å². The molecule has 1 aliphatic heterocycles. The maximum Gasteiger partial charge on any atom is 0.339 e. The molecule has 0 spiro atoms. The molecule has 3 nitrogen and oxygen atoms in total. The van der Waals surface area contributed by atoms with Gasteiger partial charge in [-0.25, -0.2) is 10.1 Å². The lowest BCUT2D eigenvalue weighted by atomic mass is 10.2. The average Bonchev–Trinajstić information content (AvgIpc) is 2.29. The van der Waals surface area contributed by atoms with Crippen LogP contribution in [0.25, 0.3) is 0 Å². The van der Waals surface area contributed by atoms with E-state index in [1.54, 1.807) is 0 Å². The van der Waals surface area contributed by atoms with Gasteiger partial charge in [-0.1, -0.05) is 12.8 Å². The van der Waals surface area contributed by atoms with Crippen molar-refractivity contribution in [1.29, 1.82) is 0 Å². The van der Waals surface area contributed by atoms with E-state index in [2.05, 4.69) is 5.32 Å². The Morgan fingerprint density at radius 3 is 2.15 bits per heavy atom. The molecule has 75 valence electrons. The van der Waals surface area contributed by atoms with Crippen LogP contribution in [0.4, 0.5) is 4.79 Å². The van der Waals surface area contributed by atoms with Gasteiger partial charge in [-0.15, -0.1) is 0 Å². The van der Waals surface area contributed by atoms with Crippen molar-refractivity contribution < 1.29 is 4.79 Å². The van der Waals surface area contributed by atoms with E-state index >= 15 is 0 Å². The van der Waals surface area contributed by atoms with E-state index in [-0.39, 0.29) is 12.1 Å². The molecule has 3 heteroatoms. The van der Waals surface area contributed by atoms with Gasteiger partial charge in [0, 0.05) is 19.1 Å². The number of carbonyl (C=O) groups is 1. The Morgan fingerprint density at radius 2 is 1.69 bits per heavy atom. The zero-order valence-corrected chi connectivity index (χ0v) is 8.62. The summed E-state index contributed by atoms with van der Waals surface area (Å²) in [7, 11) is 0. The van der Waals surface area contributed by atoms with Crippen LogP contribution in [-0.4, -0.2) is 30.1 Å². The molecule has 1 aliphatic rings. The van der Waals surface area contributed by atoms with Gasteiger partial charge >= 0.3 is 6.03 Å². The summed E-state index contributed by atoms with van der Waals surface area (Å²) in [5.41, 5.74) is 0. The predicted molar refractivity (Wildman–Crippen MR) is 52.7 cm³/mol. The Bertz CT molecular complexity index is 160. The minimum atomic E-state index is -0.0168. The van der Waals surface area contributed by atoms with Crippen molar-refractivity contribution in [2.75, 3.05) is 13.1 Å². The highest BCUT2D eigenvalue weighted by atomic mass is 16.2. The van der Waals surface area contributed by atoms with Crippen LogP contribution in [0.2, 0.25) is 0 Å². The first-order valence-corrected chi connectivity index (χ1v) is 5.20. The second-order valence-corrected chi connectivity index (χ2v) is 3.91. The summed E-state index contributed by atoms with van der Waals surface area (Å²) >= 11 is 0. The molecule has 0 aromatic heterocycles. The summed E-state index contributed by atoms with van der Waals surface area (Å²) in [6, 6.07) is 0.104. The van der Waals surface area contributed by atoms with Crippen LogP contribution in [-0.2, 0) is 0 Å². The monoisotopic (exact) mass is 183 g/mol. The third kappa shape index (κ3) is 3.66. The number of hydrogen-bond acceptors (Lipinski definition) is 1.